The van der Waals surface area contributed by atoms with E-state index in [4.69, 9.17) is 10.5 Å². The number of nitrogens with one attached hydrogen (secondary N) is 3. The van der Waals surface area contributed by atoms with Crippen molar-refractivity contribution in [3.05, 3.63) is 60.2 Å². The van der Waals surface area contributed by atoms with Gasteiger partial charge in [-0.1, -0.05) is 30.3 Å². The Balaban J connectivity index is 1.50. The number of carbonyl (C=O) groups excluding carboxylic acids is 2. The first-order chi connectivity index (χ1) is 13.1. The molecule has 2 atom stereocenters. The van der Waals surface area contributed by atoms with Crippen molar-refractivity contribution in [2.24, 2.45) is 5.73 Å². The average Bonchev–Trinajstić information content (AvgIpc) is 3.16. The summed E-state index contributed by atoms with van der Waals surface area (Å²) in [6.45, 7) is 0.796. The van der Waals surface area contributed by atoms with Crippen LogP contribution in [0.5, 0.6) is 0 Å². The minimum atomic E-state index is -0.434. The Bertz CT molecular complexity index is 782. The summed E-state index contributed by atoms with van der Waals surface area (Å²) in [5, 5.41) is 8.42. The largest absolute Gasteiger partial charge is 0.364 e. The number of ether oxygens (including phenoxy) is 1. The van der Waals surface area contributed by atoms with Gasteiger partial charge in [0.25, 0.3) is 0 Å². The normalized spacial score (nSPS) is 18.7. The predicted octanol–water partition coefficient (Wildman–Crippen LogP) is 2.45. The first kappa shape index (κ1) is 18.9. The molecule has 0 aliphatic carbocycles. The van der Waals surface area contributed by atoms with Crippen molar-refractivity contribution in [1.82, 2.24) is 5.32 Å². The molecule has 3 amide bonds. The van der Waals surface area contributed by atoms with E-state index in [1.54, 1.807) is 6.07 Å². The minimum absolute atomic E-state index is 0.0311. The van der Waals surface area contributed by atoms with Crippen LogP contribution < -0.4 is 21.7 Å². The Labute approximate surface area is 158 Å². The van der Waals surface area contributed by atoms with Crippen molar-refractivity contribution < 1.29 is 14.3 Å². The molecule has 5 N–H and O–H groups in total. The number of amides is 3. The number of rotatable bonds is 6. The van der Waals surface area contributed by atoms with E-state index in [2.05, 4.69) is 16.0 Å². The predicted molar refractivity (Wildman–Crippen MR) is 104 cm³/mol. The number of urea groups is 1. The summed E-state index contributed by atoms with van der Waals surface area (Å²) in [6, 6.07) is 16.2. The van der Waals surface area contributed by atoms with Crippen molar-refractivity contribution in [3.63, 3.8) is 0 Å². The number of nitrogens with two attached hydrogens (primary N) is 1. The lowest BCUT2D eigenvalue weighted by atomic mass is 10.1. The second-order valence-electron chi connectivity index (χ2n) is 6.42. The topological polar surface area (TPSA) is 105 Å². The lowest BCUT2D eigenvalue weighted by Gasteiger charge is -2.13. The molecule has 1 fully saturated rings. The Morgan fingerprint density at radius 1 is 1.00 bits per heavy atom. The van der Waals surface area contributed by atoms with Gasteiger partial charge in [-0.3, -0.25) is 4.79 Å². The molecular formula is C20H24N4O3. The fraction of sp³-hybridized carbons (Fsp3) is 0.300. The monoisotopic (exact) mass is 368 g/mol. The summed E-state index contributed by atoms with van der Waals surface area (Å²) >= 11 is 0. The highest BCUT2D eigenvalue weighted by Gasteiger charge is 2.29. The summed E-state index contributed by atoms with van der Waals surface area (Å²) < 4.78 is 5.59. The maximum absolute atomic E-state index is 12.2. The zero-order valence-corrected chi connectivity index (χ0v) is 15.0. The van der Waals surface area contributed by atoms with Crippen LogP contribution in [-0.4, -0.2) is 30.7 Å². The minimum Gasteiger partial charge on any atom is -0.364 e. The van der Waals surface area contributed by atoms with Crippen molar-refractivity contribution >= 4 is 23.3 Å². The zero-order valence-electron chi connectivity index (χ0n) is 15.0. The lowest BCUT2D eigenvalue weighted by Crippen LogP contribution is -2.35. The maximum Gasteiger partial charge on any atom is 0.323 e. The van der Waals surface area contributed by atoms with Gasteiger partial charge in [0.1, 0.15) is 6.10 Å². The maximum atomic E-state index is 12.2. The highest BCUT2D eigenvalue weighted by Crippen LogP contribution is 2.19. The summed E-state index contributed by atoms with van der Waals surface area (Å²) in [6.07, 6.45) is 1.03. The van der Waals surface area contributed by atoms with Gasteiger partial charge >= 0.3 is 6.03 Å². The fourth-order valence-corrected chi connectivity index (χ4v) is 2.95. The number of hydrogen-bond acceptors (Lipinski definition) is 4. The first-order valence-corrected chi connectivity index (χ1v) is 8.99. The molecule has 3 rings (SSSR count). The molecule has 0 radical (unpaired) electrons. The summed E-state index contributed by atoms with van der Waals surface area (Å²) in [7, 11) is 0. The van der Waals surface area contributed by atoms with E-state index >= 15 is 0 Å². The molecule has 1 saturated heterocycles. The molecule has 0 unspecified atom stereocenters. The van der Waals surface area contributed by atoms with Gasteiger partial charge in [0.15, 0.2) is 0 Å². The highest BCUT2D eigenvalue weighted by molar-refractivity contribution is 5.99. The molecule has 7 nitrogen and oxygen atoms in total. The molecule has 27 heavy (non-hydrogen) atoms. The van der Waals surface area contributed by atoms with Gasteiger partial charge in [0, 0.05) is 24.5 Å². The van der Waals surface area contributed by atoms with Crippen LogP contribution in [0.4, 0.5) is 16.2 Å². The van der Waals surface area contributed by atoms with E-state index in [1.807, 2.05) is 48.5 Å². The molecule has 2 aromatic carbocycles. The van der Waals surface area contributed by atoms with Gasteiger partial charge in [0.05, 0.1) is 6.10 Å². The third-order valence-electron chi connectivity index (χ3n) is 4.35. The molecule has 0 bridgehead atoms. The van der Waals surface area contributed by atoms with Crippen LogP contribution in [0, 0.1) is 0 Å². The summed E-state index contributed by atoms with van der Waals surface area (Å²) in [4.78, 5) is 24.3. The molecule has 1 aliphatic heterocycles. The third kappa shape index (κ3) is 5.54. The molecule has 0 aromatic heterocycles. The SMILES string of the molecule is NC[C@H]1CC[C@@H](C(=O)NCc2cccc(NC(=O)Nc3ccccc3)c2)O1. The molecule has 2 aromatic rings. The summed E-state index contributed by atoms with van der Waals surface area (Å²) in [5.74, 6) is -0.133. The second-order valence-corrected chi connectivity index (χ2v) is 6.42. The average molecular weight is 368 g/mol. The Hall–Kier alpha value is -2.90. The zero-order chi connectivity index (χ0) is 19.1. The lowest BCUT2D eigenvalue weighted by molar-refractivity contribution is -0.132. The number of hydrogen-bond donors (Lipinski definition) is 4. The molecule has 0 spiro atoms. The number of benzene rings is 2. The Kier molecular flexibility index (Phi) is 6.40. The standard InChI is InChI=1S/C20H24N4O3/c21-12-17-9-10-18(27-17)19(25)22-13-14-5-4-8-16(11-14)24-20(26)23-15-6-2-1-3-7-15/h1-8,11,17-18H,9-10,12-13,21H2,(H,22,25)(H2,23,24,26)/t17-,18+/m1/s1. The van der Waals surface area contributed by atoms with Crippen LogP contribution >= 0.6 is 0 Å². The number of para-hydroxylation sites is 1. The van der Waals surface area contributed by atoms with Crippen LogP contribution in [0.15, 0.2) is 54.6 Å². The fourth-order valence-electron chi connectivity index (χ4n) is 2.95. The molecule has 1 heterocycles. The van der Waals surface area contributed by atoms with Crippen LogP contribution in [0.2, 0.25) is 0 Å². The first-order valence-electron chi connectivity index (χ1n) is 8.99. The Morgan fingerprint density at radius 2 is 1.74 bits per heavy atom. The van der Waals surface area contributed by atoms with Gasteiger partial charge in [-0.05, 0) is 42.7 Å². The van der Waals surface area contributed by atoms with Crippen molar-refractivity contribution in [2.75, 3.05) is 17.2 Å². The van der Waals surface area contributed by atoms with Crippen LogP contribution in [0.25, 0.3) is 0 Å². The van der Waals surface area contributed by atoms with E-state index in [1.165, 1.54) is 0 Å². The van der Waals surface area contributed by atoms with Crippen molar-refractivity contribution in [1.29, 1.82) is 0 Å². The van der Waals surface area contributed by atoms with Crippen molar-refractivity contribution in [3.8, 4) is 0 Å². The number of anilines is 2. The third-order valence-corrected chi connectivity index (χ3v) is 4.35. The molecule has 0 saturated carbocycles. The van der Waals surface area contributed by atoms with E-state index in [0.29, 0.717) is 30.9 Å². The van der Waals surface area contributed by atoms with Gasteiger partial charge in [-0.25, -0.2) is 4.79 Å². The second kappa shape index (κ2) is 9.16. The molecule has 1 aliphatic rings. The van der Waals surface area contributed by atoms with Gasteiger partial charge in [-0.15, -0.1) is 0 Å². The molecular weight excluding hydrogens is 344 g/mol. The smallest absolute Gasteiger partial charge is 0.323 e. The van der Waals surface area contributed by atoms with E-state index in [-0.39, 0.29) is 18.0 Å². The van der Waals surface area contributed by atoms with Crippen LogP contribution in [0.1, 0.15) is 18.4 Å². The van der Waals surface area contributed by atoms with Gasteiger partial charge in [0.2, 0.25) is 5.91 Å². The summed E-state index contributed by atoms with van der Waals surface area (Å²) in [5.41, 5.74) is 7.82. The van der Waals surface area contributed by atoms with E-state index in [9.17, 15) is 9.59 Å². The highest BCUT2D eigenvalue weighted by atomic mass is 16.5. The number of carbonyl (C=O) groups is 2. The van der Waals surface area contributed by atoms with E-state index < -0.39 is 6.10 Å². The molecule has 7 heteroatoms. The van der Waals surface area contributed by atoms with Gasteiger partial charge < -0.3 is 26.4 Å². The van der Waals surface area contributed by atoms with Crippen molar-refractivity contribution in [2.45, 2.75) is 31.6 Å². The Morgan fingerprint density at radius 3 is 2.48 bits per heavy atom. The van der Waals surface area contributed by atoms with E-state index in [0.717, 1.165) is 12.0 Å². The molecule has 142 valence electrons. The quantitative estimate of drug-likeness (QED) is 0.628. The van der Waals surface area contributed by atoms with Gasteiger partial charge in [-0.2, -0.15) is 0 Å². The van der Waals surface area contributed by atoms with Crippen LogP contribution in [0.3, 0.4) is 0 Å². The van der Waals surface area contributed by atoms with Crippen LogP contribution in [-0.2, 0) is 16.1 Å².